The molecule has 4 N–H and O–H groups in total. The lowest BCUT2D eigenvalue weighted by Gasteiger charge is -2.29. The number of nitrogens with zero attached hydrogens (tertiary/aromatic N) is 2. The Morgan fingerprint density at radius 3 is 2.62 bits per heavy atom. The van der Waals surface area contributed by atoms with Crippen molar-refractivity contribution >= 4 is 5.91 Å². The molecular weight excluding hydrogens is 266 g/mol. The van der Waals surface area contributed by atoms with Gasteiger partial charge in [-0.2, -0.15) is 5.10 Å². The first-order valence-corrected chi connectivity index (χ1v) is 7.76. The van der Waals surface area contributed by atoms with Gasteiger partial charge in [0.1, 0.15) is 6.04 Å². The van der Waals surface area contributed by atoms with Crippen molar-refractivity contribution in [2.75, 3.05) is 13.6 Å². The van der Waals surface area contributed by atoms with E-state index in [1.54, 1.807) is 17.9 Å². The van der Waals surface area contributed by atoms with E-state index in [0.717, 1.165) is 31.2 Å². The van der Waals surface area contributed by atoms with Crippen LogP contribution in [0.1, 0.15) is 50.1 Å². The zero-order chi connectivity index (χ0) is 15.3. The Morgan fingerprint density at radius 2 is 2.10 bits per heavy atom. The fourth-order valence-corrected chi connectivity index (χ4v) is 3.01. The molecular formula is C15H27N5O. The fourth-order valence-electron chi connectivity index (χ4n) is 3.01. The zero-order valence-electron chi connectivity index (χ0n) is 13.1. The van der Waals surface area contributed by atoms with E-state index in [9.17, 15) is 4.79 Å². The van der Waals surface area contributed by atoms with E-state index in [-0.39, 0.29) is 17.5 Å². The molecule has 0 aliphatic heterocycles. The van der Waals surface area contributed by atoms with Gasteiger partial charge in [-0.05, 0) is 19.9 Å². The third-order valence-corrected chi connectivity index (χ3v) is 4.32. The third-order valence-electron chi connectivity index (χ3n) is 4.32. The van der Waals surface area contributed by atoms with Crippen LogP contribution in [0, 0.1) is 0 Å². The molecule has 1 unspecified atom stereocenters. The van der Waals surface area contributed by atoms with Gasteiger partial charge in [-0.25, -0.2) is 0 Å². The monoisotopic (exact) mass is 293 g/mol. The van der Waals surface area contributed by atoms with Gasteiger partial charge >= 0.3 is 0 Å². The number of amides is 1. The SMILES string of the molecule is CNC(C(=O)NCC1(N)CCCCCC1)c1cnn(C)c1. The summed E-state index contributed by atoms with van der Waals surface area (Å²) in [5, 5.41) is 10.2. The van der Waals surface area contributed by atoms with Crippen molar-refractivity contribution < 1.29 is 4.79 Å². The van der Waals surface area contributed by atoms with Crippen LogP contribution in [0.15, 0.2) is 12.4 Å². The summed E-state index contributed by atoms with van der Waals surface area (Å²) in [5.41, 5.74) is 7.05. The van der Waals surface area contributed by atoms with Gasteiger partial charge in [0.25, 0.3) is 0 Å². The number of rotatable bonds is 5. The number of carbonyl (C=O) groups is 1. The Labute approximate surface area is 126 Å². The lowest BCUT2D eigenvalue weighted by Crippen LogP contribution is -2.51. The van der Waals surface area contributed by atoms with E-state index >= 15 is 0 Å². The molecule has 1 fully saturated rings. The molecule has 0 aromatic carbocycles. The third kappa shape index (κ3) is 4.28. The lowest BCUT2D eigenvalue weighted by molar-refractivity contribution is -0.123. The van der Waals surface area contributed by atoms with Gasteiger partial charge in [-0.1, -0.05) is 25.7 Å². The van der Waals surface area contributed by atoms with E-state index in [1.165, 1.54) is 12.8 Å². The second-order valence-corrected chi connectivity index (χ2v) is 6.16. The van der Waals surface area contributed by atoms with Crippen molar-refractivity contribution in [1.82, 2.24) is 20.4 Å². The van der Waals surface area contributed by atoms with Crippen molar-refractivity contribution in [3.05, 3.63) is 18.0 Å². The minimum Gasteiger partial charge on any atom is -0.353 e. The highest BCUT2D eigenvalue weighted by Gasteiger charge is 2.28. The topological polar surface area (TPSA) is 85.0 Å². The van der Waals surface area contributed by atoms with Crippen LogP contribution in [0.5, 0.6) is 0 Å². The molecule has 1 amide bonds. The summed E-state index contributed by atoms with van der Waals surface area (Å²) in [4.78, 5) is 12.4. The highest BCUT2D eigenvalue weighted by Crippen LogP contribution is 2.24. The van der Waals surface area contributed by atoms with Crippen LogP contribution >= 0.6 is 0 Å². The van der Waals surface area contributed by atoms with Crippen molar-refractivity contribution in [3.8, 4) is 0 Å². The van der Waals surface area contributed by atoms with Crippen LogP contribution in [-0.4, -0.2) is 34.8 Å². The number of aryl methyl sites for hydroxylation is 1. The molecule has 1 aliphatic carbocycles. The maximum Gasteiger partial charge on any atom is 0.241 e. The second kappa shape index (κ2) is 7.04. The zero-order valence-corrected chi connectivity index (χ0v) is 13.1. The Kier molecular flexibility index (Phi) is 5.36. The fraction of sp³-hybridized carbons (Fsp3) is 0.733. The minimum atomic E-state index is -0.381. The molecule has 21 heavy (non-hydrogen) atoms. The first kappa shape index (κ1) is 16.0. The molecule has 1 atom stereocenters. The summed E-state index contributed by atoms with van der Waals surface area (Å²) in [6.45, 7) is 0.546. The minimum absolute atomic E-state index is 0.0421. The van der Waals surface area contributed by atoms with E-state index in [0.29, 0.717) is 6.54 Å². The van der Waals surface area contributed by atoms with Gasteiger partial charge in [0.15, 0.2) is 0 Å². The quantitative estimate of drug-likeness (QED) is 0.703. The first-order chi connectivity index (χ1) is 10.0. The Balaban J connectivity index is 1.93. The molecule has 118 valence electrons. The number of carbonyl (C=O) groups excluding carboxylic acids is 1. The summed E-state index contributed by atoms with van der Waals surface area (Å²) in [6.07, 6.45) is 10.4. The number of likely N-dealkylation sites (N-methyl/N-ethyl adjacent to an activating group) is 1. The number of nitrogens with one attached hydrogen (secondary N) is 2. The summed E-state index contributed by atoms with van der Waals surface area (Å²) in [6, 6.07) is -0.381. The number of aromatic nitrogens is 2. The molecule has 1 aliphatic rings. The van der Waals surface area contributed by atoms with Crippen LogP contribution in [0.2, 0.25) is 0 Å². The van der Waals surface area contributed by atoms with E-state index in [2.05, 4.69) is 15.7 Å². The standard InChI is InChI=1S/C15H27N5O/c1-17-13(12-9-19-20(2)10-12)14(21)18-11-15(16)7-5-3-4-6-8-15/h9-10,13,17H,3-8,11,16H2,1-2H3,(H,18,21). The van der Waals surface area contributed by atoms with Gasteiger partial charge in [0.2, 0.25) is 5.91 Å². The van der Waals surface area contributed by atoms with Gasteiger partial charge in [-0.3, -0.25) is 9.48 Å². The predicted octanol–water partition coefficient (Wildman–Crippen LogP) is 0.849. The van der Waals surface area contributed by atoms with Gasteiger partial charge in [0, 0.05) is 30.9 Å². The van der Waals surface area contributed by atoms with Gasteiger partial charge < -0.3 is 16.4 Å². The molecule has 1 saturated carbocycles. The van der Waals surface area contributed by atoms with Crippen molar-refractivity contribution in [1.29, 1.82) is 0 Å². The highest BCUT2D eigenvalue weighted by molar-refractivity contribution is 5.83. The second-order valence-electron chi connectivity index (χ2n) is 6.16. The molecule has 2 rings (SSSR count). The van der Waals surface area contributed by atoms with Gasteiger partial charge in [0.05, 0.1) is 6.20 Å². The number of hydrogen-bond acceptors (Lipinski definition) is 4. The Bertz CT molecular complexity index is 462. The van der Waals surface area contributed by atoms with E-state index in [4.69, 9.17) is 5.73 Å². The first-order valence-electron chi connectivity index (χ1n) is 7.76. The molecule has 0 saturated heterocycles. The highest BCUT2D eigenvalue weighted by atomic mass is 16.2. The summed E-state index contributed by atoms with van der Waals surface area (Å²) in [7, 11) is 3.62. The Hall–Kier alpha value is -1.40. The van der Waals surface area contributed by atoms with Crippen LogP contribution in [-0.2, 0) is 11.8 Å². The molecule has 6 heteroatoms. The van der Waals surface area contributed by atoms with E-state index < -0.39 is 0 Å². The number of nitrogens with two attached hydrogens (primary N) is 1. The number of hydrogen-bond donors (Lipinski definition) is 3. The predicted molar refractivity (Wildman–Crippen MR) is 82.6 cm³/mol. The van der Waals surface area contributed by atoms with Gasteiger partial charge in [-0.15, -0.1) is 0 Å². The summed E-state index contributed by atoms with van der Waals surface area (Å²) in [5.74, 6) is -0.0421. The molecule has 0 spiro atoms. The molecule has 0 bridgehead atoms. The maximum absolute atomic E-state index is 12.4. The van der Waals surface area contributed by atoms with E-state index in [1.807, 2.05) is 13.2 Å². The molecule has 1 heterocycles. The average molecular weight is 293 g/mol. The maximum atomic E-state index is 12.4. The van der Waals surface area contributed by atoms with Crippen LogP contribution in [0.3, 0.4) is 0 Å². The van der Waals surface area contributed by atoms with Crippen LogP contribution in [0.4, 0.5) is 0 Å². The van der Waals surface area contributed by atoms with Crippen LogP contribution in [0.25, 0.3) is 0 Å². The summed E-state index contributed by atoms with van der Waals surface area (Å²) < 4.78 is 1.70. The molecule has 0 radical (unpaired) electrons. The Morgan fingerprint density at radius 1 is 1.43 bits per heavy atom. The summed E-state index contributed by atoms with van der Waals surface area (Å²) >= 11 is 0. The van der Waals surface area contributed by atoms with Crippen molar-refractivity contribution in [3.63, 3.8) is 0 Å². The lowest BCUT2D eigenvalue weighted by atomic mass is 9.91. The van der Waals surface area contributed by atoms with Crippen molar-refractivity contribution in [2.45, 2.75) is 50.1 Å². The smallest absolute Gasteiger partial charge is 0.241 e. The molecule has 1 aromatic heterocycles. The molecule has 1 aromatic rings. The largest absolute Gasteiger partial charge is 0.353 e. The van der Waals surface area contributed by atoms with Crippen molar-refractivity contribution in [2.24, 2.45) is 12.8 Å². The van der Waals surface area contributed by atoms with Crippen LogP contribution < -0.4 is 16.4 Å². The average Bonchev–Trinajstić information content (AvgIpc) is 2.75. The molecule has 6 nitrogen and oxygen atoms in total. The normalized spacial score (nSPS) is 19.8.